The number of halogens is 1. The maximum atomic E-state index is 12.8. The lowest BCUT2D eigenvalue weighted by molar-refractivity contribution is -0.139. The zero-order chi connectivity index (χ0) is 17.4. The van der Waals surface area contributed by atoms with Gasteiger partial charge in [-0.25, -0.2) is 0 Å². The van der Waals surface area contributed by atoms with Crippen molar-refractivity contribution in [3.63, 3.8) is 0 Å². The van der Waals surface area contributed by atoms with Crippen molar-refractivity contribution in [2.45, 2.75) is 57.6 Å². The van der Waals surface area contributed by atoms with Gasteiger partial charge in [-0.15, -0.1) is 12.4 Å². The van der Waals surface area contributed by atoms with Crippen LogP contribution in [-0.2, 0) is 9.59 Å². The number of aromatic nitrogens is 1. The fraction of sp³-hybridized carbons (Fsp3) is 0.611. The van der Waals surface area contributed by atoms with Crippen LogP contribution in [0.15, 0.2) is 24.5 Å². The van der Waals surface area contributed by atoms with Crippen LogP contribution >= 0.6 is 12.4 Å². The zero-order valence-corrected chi connectivity index (χ0v) is 15.5. The topological polar surface area (TPSA) is 82.5 Å². The molecule has 1 fully saturated rings. The molecule has 1 saturated heterocycles. The van der Waals surface area contributed by atoms with E-state index in [-0.39, 0.29) is 24.2 Å². The van der Waals surface area contributed by atoms with E-state index in [4.69, 9.17) is 0 Å². The second-order valence-corrected chi connectivity index (χ2v) is 6.26. The smallest absolute Gasteiger partial charge is 0.248 e. The Morgan fingerprint density at radius 1 is 1.24 bits per heavy atom. The van der Waals surface area contributed by atoms with Crippen LogP contribution in [-0.4, -0.2) is 45.9 Å². The monoisotopic (exact) mass is 369 g/mol. The molecule has 0 aliphatic carbocycles. The van der Waals surface area contributed by atoms with Crippen molar-refractivity contribution in [2.75, 3.05) is 13.1 Å². The number of likely N-dealkylation sites (tertiary alicyclic amines) is 1. The summed E-state index contributed by atoms with van der Waals surface area (Å²) in [6, 6.07) is 2.38. The number of rotatable bonds is 8. The minimum Gasteiger partial charge on any atom is -0.386 e. The number of amides is 2. The molecule has 1 aromatic heterocycles. The Balaban J connectivity index is 0.00000312. The first-order valence-electron chi connectivity index (χ1n) is 8.79. The Kier molecular flexibility index (Phi) is 9.45. The molecule has 0 unspecified atom stereocenters. The normalized spacial score (nSPS) is 16.0. The minimum absolute atomic E-state index is 0. The first kappa shape index (κ1) is 21.4. The Morgan fingerprint density at radius 3 is 2.48 bits per heavy atom. The number of unbranched alkanes of at least 4 members (excludes halogenated alkanes) is 2. The second-order valence-electron chi connectivity index (χ2n) is 6.26. The third-order valence-corrected chi connectivity index (χ3v) is 4.37. The van der Waals surface area contributed by atoms with E-state index in [2.05, 4.69) is 17.2 Å². The lowest BCUT2D eigenvalue weighted by Gasteiger charge is -2.28. The van der Waals surface area contributed by atoms with Gasteiger partial charge in [-0.05, 0) is 37.0 Å². The van der Waals surface area contributed by atoms with Gasteiger partial charge in [-0.3, -0.25) is 14.6 Å². The third-order valence-electron chi connectivity index (χ3n) is 4.37. The van der Waals surface area contributed by atoms with Gasteiger partial charge < -0.3 is 15.3 Å². The van der Waals surface area contributed by atoms with E-state index < -0.39 is 12.1 Å². The Bertz CT molecular complexity index is 536. The number of carbonyl (C=O) groups excluding carboxylic acids is 2. The van der Waals surface area contributed by atoms with Crippen LogP contribution in [0.3, 0.4) is 0 Å². The number of hydrogen-bond donors (Lipinski definition) is 2. The summed E-state index contributed by atoms with van der Waals surface area (Å²) in [5, 5.41) is 13.4. The van der Waals surface area contributed by atoms with Crippen LogP contribution in [0.4, 0.5) is 0 Å². The molecule has 2 heterocycles. The lowest BCUT2D eigenvalue weighted by atomic mass is 10.0. The summed E-state index contributed by atoms with van der Waals surface area (Å²) in [6.07, 6.45) is 7.17. The van der Waals surface area contributed by atoms with E-state index in [0.29, 0.717) is 25.1 Å². The van der Waals surface area contributed by atoms with Crippen molar-refractivity contribution in [1.82, 2.24) is 15.2 Å². The minimum atomic E-state index is -1.07. The van der Waals surface area contributed by atoms with Gasteiger partial charge in [0.05, 0.1) is 0 Å². The van der Waals surface area contributed by atoms with Crippen molar-refractivity contribution in [2.24, 2.45) is 0 Å². The van der Waals surface area contributed by atoms with E-state index in [0.717, 1.165) is 32.1 Å². The standard InChI is InChI=1S/C18H27N3O3.ClH/c1-2-3-4-7-15(22)20-16(18(24)21-12-5-6-13-21)17(23)14-8-10-19-11-9-14;/h8-11,16-17,23H,2-7,12-13H2,1H3,(H,20,22);1H/t16-,17+;/m1./s1. The summed E-state index contributed by atoms with van der Waals surface area (Å²) in [5.41, 5.74) is 0.580. The van der Waals surface area contributed by atoms with Crippen molar-refractivity contribution < 1.29 is 14.7 Å². The Hall–Kier alpha value is -1.66. The average Bonchev–Trinajstić information content (AvgIpc) is 3.14. The molecule has 0 bridgehead atoms. The van der Waals surface area contributed by atoms with Crippen molar-refractivity contribution >= 4 is 24.2 Å². The number of nitrogens with zero attached hydrogens (tertiary/aromatic N) is 2. The molecule has 0 spiro atoms. The molecule has 7 heteroatoms. The van der Waals surface area contributed by atoms with Gasteiger partial charge in [0.25, 0.3) is 0 Å². The highest BCUT2D eigenvalue weighted by atomic mass is 35.5. The molecule has 2 rings (SSSR count). The van der Waals surface area contributed by atoms with Crippen LogP contribution in [0.1, 0.15) is 57.1 Å². The molecule has 1 aliphatic rings. The number of nitrogens with one attached hydrogen (secondary N) is 1. The van der Waals surface area contributed by atoms with Crippen molar-refractivity contribution in [3.05, 3.63) is 30.1 Å². The second kappa shape index (κ2) is 11.1. The molecule has 6 nitrogen and oxygen atoms in total. The molecule has 2 amide bonds. The summed E-state index contributed by atoms with van der Waals surface area (Å²) in [6.45, 7) is 3.44. The highest BCUT2D eigenvalue weighted by Crippen LogP contribution is 2.20. The molecule has 25 heavy (non-hydrogen) atoms. The van der Waals surface area contributed by atoms with Crippen LogP contribution in [0.25, 0.3) is 0 Å². The van der Waals surface area contributed by atoms with Gasteiger partial charge in [0.15, 0.2) is 0 Å². The maximum Gasteiger partial charge on any atom is 0.248 e. The molecule has 0 saturated carbocycles. The Labute approximate surface area is 155 Å². The first-order chi connectivity index (χ1) is 11.6. The van der Waals surface area contributed by atoms with Gasteiger partial charge in [0.1, 0.15) is 12.1 Å². The lowest BCUT2D eigenvalue weighted by Crippen LogP contribution is -2.51. The first-order valence-corrected chi connectivity index (χ1v) is 8.79. The fourth-order valence-electron chi connectivity index (χ4n) is 2.94. The molecular weight excluding hydrogens is 342 g/mol. The van der Waals surface area contributed by atoms with Crippen molar-refractivity contribution in [1.29, 1.82) is 0 Å². The molecule has 2 atom stereocenters. The van der Waals surface area contributed by atoms with E-state index in [1.165, 1.54) is 0 Å². The van der Waals surface area contributed by atoms with Crippen molar-refractivity contribution in [3.8, 4) is 0 Å². The van der Waals surface area contributed by atoms with E-state index in [1.54, 1.807) is 29.4 Å². The highest BCUT2D eigenvalue weighted by molar-refractivity contribution is 5.88. The summed E-state index contributed by atoms with van der Waals surface area (Å²) in [7, 11) is 0. The number of aliphatic hydroxyl groups is 1. The number of carbonyl (C=O) groups is 2. The maximum absolute atomic E-state index is 12.8. The van der Waals surface area contributed by atoms with E-state index >= 15 is 0 Å². The number of aliphatic hydroxyl groups excluding tert-OH is 1. The zero-order valence-electron chi connectivity index (χ0n) is 14.7. The van der Waals surface area contributed by atoms with Gasteiger partial charge in [-0.2, -0.15) is 0 Å². The quantitative estimate of drug-likeness (QED) is 0.688. The van der Waals surface area contributed by atoms with Crippen LogP contribution in [0, 0.1) is 0 Å². The van der Waals surface area contributed by atoms with Crippen LogP contribution < -0.4 is 5.32 Å². The SMILES string of the molecule is CCCCCC(=O)N[C@@H](C(=O)N1CCCC1)[C@@H](O)c1ccncc1.Cl. The summed E-state index contributed by atoms with van der Waals surface area (Å²) >= 11 is 0. The summed E-state index contributed by atoms with van der Waals surface area (Å²) < 4.78 is 0. The van der Waals surface area contributed by atoms with Gasteiger partial charge in [0.2, 0.25) is 11.8 Å². The largest absolute Gasteiger partial charge is 0.386 e. The van der Waals surface area contributed by atoms with Gasteiger partial charge >= 0.3 is 0 Å². The predicted molar refractivity (Wildman–Crippen MR) is 98.3 cm³/mol. The molecule has 0 aromatic carbocycles. The van der Waals surface area contributed by atoms with Gasteiger partial charge in [0, 0.05) is 31.9 Å². The van der Waals surface area contributed by atoms with Crippen LogP contribution in [0.2, 0.25) is 0 Å². The molecule has 2 N–H and O–H groups in total. The summed E-state index contributed by atoms with van der Waals surface area (Å²) in [5.74, 6) is -0.394. The highest BCUT2D eigenvalue weighted by Gasteiger charge is 2.33. The molecule has 1 aliphatic heterocycles. The number of hydrogen-bond acceptors (Lipinski definition) is 4. The molecular formula is C18H28ClN3O3. The predicted octanol–water partition coefficient (Wildman–Crippen LogP) is 2.22. The fourth-order valence-corrected chi connectivity index (χ4v) is 2.94. The molecule has 0 radical (unpaired) electrons. The summed E-state index contributed by atoms with van der Waals surface area (Å²) in [4.78, 5) is 30.6. The average molecular weight is 370 g/mol. The molecule has 1 aromatic rings. The Morgan fingerprint density at radius 2 is 1.88 bits per heavy atom. The molecule has 140 valence electrons. The third kappa shape index (κ3) is 6.29. The van der Waals surface area contributed by atoms with E-state index in [1.807, 2.05) is 0 Å². The van der Waals surface area contributed by atoms with Gasteiger partial charge in [-0.1, -0.05) is 19.8 Å². The number of pyridine rings is 1. The van der Waals surface area contributed by atoms with E-state index in [9.17, 15) is 14.7 Å². The van der Waals surface area contributed by atoms with Crippen LogP contribution in [0.5, 0.6) is 0 Å².